The molecule has 0 amide bonds. The number of hydrogen-bond donors (Lipinski definition) is 1. The van der Waals surface area contributed by atoms with Crippen LogP contribution >= 0.6 is 11.3 Å². The fourth-order valence-corrected chi connectivity index (χ4v) is 5.62. The zero-order valence-corrected chi connectivity index (χ0v) is 17.5. The summed E-state index contributed by atoms with van der Waals surface area (Å²) in [5.74, 6) is 1.83. The minimum absolute atomic E-state index is 0.225. The highest BCUT2D eigenvalue weighted by Gasteiger charge is 2.24. The highest BCUT2D eigenvalue weighted by atomic mass is 32.2. The first kappa shape index (κ1) is 19.1. The van der Waals surface area contributed by atoms with E-state index in [0.29, 0.717) is 34.8 Å². The van der Waals surface area contributed by atoms with Crippen LogP contribution in [0.4, 0.5) is 5.69 Å². The van der Waals surface area contributed by atoms with Crippen LogP contribution in [0.2, 0.25) is 0 Å². The number of nitrogens with zero attached hydrogens (tertiary/aromatic N) is 2. The van der Waals surface area contributed by atoms with Gasteiger partial charge in [-0.25, -0.2) is 8.42 Å². The molecule has 0 radical (unpaired) electrons. The van der Waals surface area contributed by atoms with Crippen LogP contribution < -0.4 is 4.72 Å². The Labute approximate surface area is 169 Å². The number of anilines is 1. The fourth-order valence-electron chi connectivity index (χ4n) is 3.41. The minimum atomic E-state index is -3.66. The van der Waals surface area contributed by atoms with Crippen LogP contribution in [-0.2, 0) is 10.0 Å². The van der Waals surface area contributed by atoms with E-state index in [9.17, 15) is 8.42 Å². The summed E-state index contributed by atoms with van der Waals surface area (Å²) in [6.07, 6.45) is 4.52. The van der Waals surface area contributed by atoms with E-state index in [0.717, 1.165) is 29.7 Å². The molecule has 1 saturated carbocycles. The smallest absolute Gasteiger partial charge is 0.271 e. The third-order valence-corrected chi connectivity index (χ3v) is 7.90. The average molecular weight is 418 g/mol. The van der Waals surface area contributed by atoms with E-state index in [1.807, 2.05) is 12.1 Å². The Bertz CT molecular complexity index is 1050. The molecule has 0 saturated heterocycles. The van der Waals surface area contributed by atoms with Gasteiger partial charge in [-0.1, -0.05) is 44.0 Å². The van der Waals surface area contributed by atoms with Gasteiger partial charge in [0, 0.05) is 22.5 Å². The van der Waals surface area contributed by atoms with Crippen molar-refractivity contribution in [3.63, 3.8) is 0 Å². The number of sulfonamides is 1. The van der Waals surface area contributed by atoms with Gasteiger partial charge in [-0.2, -0.15) is 4.98 Å². The summed E-state index contributed by atoms with van der Waals surface area (Å²) in [6.45, 7) is 4.20. The fraction of sp³-hybridized carbons (Fsp3) is 0.400. The number of rotatable bonds is 6. The number of hydrogen-bond acceptors (Lipinski definition) is 6. The Morgan fingerprint density at radius 2 is 1.89 bits per heavy atom. The maximum absolute atomic E-state index is 12.7. The van der Waals surface area contributed by atoms with Crippen LogP contribution in [0.25, 0.3) is 11.4 Å². The van der Waals surface area contributed by atoms with Crippen LogP contribution in [0.15, 0.2) is 44.4 Å². The number of thiophene rings is 1. The van der Waals surface area contributed by atoms with Gasteiger partial charge in [0.2, 0.25) is 11.7 Å². The molecule has 28 heavy (non-hydrogen) atoms. The van der Waals surface area contributed by atoms with E-state index in [2.05, 4.69) is 28.7 Å². The molecule has 2 heterocycles. The van der Waals surface area contributed by atoms with Crippen molar-refractivity contribution in [1.29, 1.82) is 0 Å². The third-order valence-electron chi connectivity index (χ3n) is 5.07. The van der Waals surface area contributed by atoms with E-state index in [-0.39, 0.29) is 4.21 Å². The Hall–Kier alpha value is -2.19. The summed E-state index contributed by atoms with van der Waals surface area (Å²) in [7, 11) is -3.66. The lowest BCUT2D eigenvalue weighted by Crippen LogP contribution is -2.11. The summed E-state index contributed by atoms with van der Waals surface area (Å²) in [5, 5.41) is 5.79. The predicted molar refractivity (Wildman–Crippen MR) is 110 cm³/mol. The molecular weight excluding hydrogens is 394 g/mol. The summed E-state index contributed by atoms with van der Waals surface area (Å²) in [4.78, 5) is 4.48. The maximum atomic E-state index is 12.7. The first-order valence-electron chi connectivity index (χ1n) is 9.47. The first-order valence-corrected chi connectivity index (χ1v) is 11.8. The molecule has 0 unspecified atom stereocenters. The monoisotopic (exact) mass is 417 g/mol. The van der Waals surface area contributed by atoms with Crippen molar-refractivity contribution in [1.82, 2.24) is 10.1 Å². The lowest BCUT2D eigenvalue weighted by molar-refractivity contribution is 0.354. The molecule has 148 valence electrons. The molecule has 1 aliphatic rings. The van der Waals surface area contributed by atoms with Crippen molar-refractivity contribution in [2.45, 2.75) is 55.6 Å². The summed E-state index contributed by atoms with van der Waals surface area (Å²) in [5.41, 5.74) is 2.37. The minimum Gasteiger partial charge on any atom is -0.339 e. The molecule has 0 bridgehead atoms. The Morgan fingerprint density at radius 1 is 1.18 bits per heavy atom. The molecule has 0 atom stereocenters. The van der Waals surface area contributed by atoms with Gasteiger partial charge in [0.1, 0.15) is 4.21 Å². The first-order chi connectivity index (χ1) is 13.4. The van der Waals surface area contributed by atoms with Gasteiger partial charge in [0.25, 0.3) is 10.0 Å². The molecule has 1 aliphatic carbocycles. The second-order valence-electron chi connectivity index (χ2n) is 7.47. The van der Waals surface area contributed by atoms with E-state index in [4.69, 9.17) is 4.52 Å². The van der Waals surface area contributed by atoms with Gasteiger partial charge < -0.3 is 4.52 Å². The van der Waals surface area contributed by atoms with Crippen molar-refractivity contribution in [3.8, 4) is 11.4 Å². The average Bonchev–Trinajstić information content (AvgIpc) is 3.40. The summed E-state index contributed by atoms with van der Waals surface area (Å²) in [6, 6.07) is 9.04. The standard InChI is InChI=1S/C20H23N3O3S2/c1-13(2)14-7-9-17(10-8-14)23-28(24,25)18-11-16(12-27-18)19-21-20(26-22-19)15-5-3-4-6-15/h7-13,15,23H,3-6H2,1-2H3. The highest BCUT2D eigenvalue weighted by molar-refractivity contribution is 7.94. The molecule has 0 spiro atoms. The Morgan fingerprint density at radius 3 is 2.57 bits per heavy atom. The van der Waals surface area contributed by atoms with Gasteiger partial charge in [0.05, 0.1) is 0 Å². The van der Waals surface area contributed by atoms with Crippen molar-refractivity contribution < 1.29 is 12.9 Å². The Balaban J connectivity index is 1.51. The van der Waals surface area contributed by atoms with Crippen molar-refractivity contribution in [3.05, 3.63) is 47.2 Å². The topological polar surface area (TPSA) is 85.1 Å². The SMILES string of the molecule is CC(C)c1ccc(NS(=O)(=O)c2cc(-c3noc(C4CCCC4)n3)cs2)cc1. The van der Waals surface area contributed by atoms with E-state index in [1.54, 1.807) is 23.6 Å². The van der Waals surface area contributed by atoms with Crippen LogP contribution in [0, 0.1) is 0 Å². The summed E-state index contributed by atoms with van der Waals surface area (Å²) >= 11 is 1.15. The molecule has 4 rings (SSSR count). The van der Waals surface area contributed by atoms with E-state index >= 15 is 0 Å². The quantitative estimate of drug-likeness (QED) is 0.582. The van der Waals surface area contributed by atoms with E-state index < -0.39 is 10.0 Å². The molecule has 1 aromatic carbocycles. The van der Waals surface area contributed by atoms with Gasteiger partial charge in [-0.3, -0.25) is 4.72 Å². The molecule has 0 aliphatic heterocycles. The van der Waals surface area contributed by atoms with Gasteiger partial charge in [-0.05, 0) is 42.5 Å². The van der Waals surface area contributed by atoms with E-state index in [1.165, 1.54) is 12.8 Å². The van der Waals surface area contributed by atoms with Crippen LogP contribution in [0.3, 0.4) is 0 Å². The zero-order valence-electron chi connectivity index (χ0n) is 15.9. The highest BCUT2D eigenvalue weighted by Crippen LogP contribution is 2.35. The maximum Gasteiger partial charge on any atom is 0.271 e. The second-order valence-corrected chi connectivity index (χ2v) is 10.3. The largest absolute Gasteiger partial charge is 0.339 e. The van der Waals surface area contributed by atoms with Crippen LogP contribution in [-0.4, -0.2) is 18.6 Å². The van der Waals surface area contributed by atoms with Crippen molar-refractivity contribution in [2.24, 2.45) is 0 Å². The number of nitrogens with one attached hydrogen (secondary N) is 1. The molecule has 2 aromatic heterocycles. The Kier molecular flexibility index (Phi) is 5.25. The van der Waals surface area contributed by atoms with Crippen LogP contribution in [0.5, 0.6) is 0 Å². The molecule has 1 fully saturated rings. The molecule has 8 heteroatoms. The van der Waals surface area contributed by atoms with Crippen molar-refractivity contribution >= 4 is 27.0 Å². The third kappa shape index (κ3) is 3.98. The normalized spacial score (nSPS) is 15.4. The molecule has 6 nitrogen and oxygen atoms in total. The zero-order chi connectivity index (χ0) is 19.7. The number of benzene rings is 1. The lowest BCUT2D eigenvalue weighted by Gasteiger charge is -2.09. The number of aromatic nitrogens is 2. The van der Waals surface area contributed by atoms with Crippen LogP contribution in [0.1, 0.15) is 62.8 Å². The van der Waals surface area contributed by atoms with Crippen molar-refractivity contribution in [2.75, 3.05) is 4.72 Å². The van der Waals surface area contributed by atoms with Gasteiger partial charge in [-0.15, -0.1) is 11.3 Å². The predicted octanol–water partition coefficient (Wildman–Crippen LogP) is 5.38. The lowest BCUT2D eigenvalue weighted by atomic mass is 10.0. The molecule has 3 aromatic rings. The molecule has 1 N–H and O–H groups in total. The van der Waals surface area contributed by atoms with Gasteiger partial charge >= 0.3 is 0 Å². The van der Waals surface area contributed by atoms with Gasteiger partial charge in [0.15, 0.2) is 0 Å². The second kappa shape index (κ2) is 7.67. The molecular formula is C20H23N3O3S2. The summed E-state index contributed by atoms with van der Waals surface area (Å²) < 4.78 is 33.7.